The molecule has 1 saturated heterocycles. The van der Waals surface area contributed by atoms with Gasteiger partial charge in [-0.15, -0.1) is 11.6 Å². The van der Waals surface area contributed by atoms with Gasteiger partial charge in [0.25, 0.3) is 0 Å². The SMILES string of the molecule is CN1CCN(n2c(CCl)nc3c(Cl)cccc32)CC1. The summed E-state index contributed by atoms with van der Waals surface area (Å²) in [7, 11) is 2.14. The molecule has 1 fully saturated rings. The van der Waals surface area contributed by atoms with Gasteiger partial charge >= 0.3 is 0 Å². The molecule has 6 heteroatoms. The predicted octanol–water partition coefficient (Wildman–Crippen LogP) is 2.31. The molecule has 0 unspecified atom stereocenters. The summed E-state index contributed by atoms with van der Waals surface area (Å²) in [6.07, 6.45) is 0. The summed E-state index contributed by atoms with van der Waals surface area (Å²) in [5.74, 6) is 1.24. The van der Waals surface area contributed by atoms with Crippen LogP contribution in [0.4, 0.5) is 0 Å². The van der Waals surface area contributed by atoms with Gasteiger partial charge in [-0.2, -0.15) is 0 Å². The Labute approximate surface area is 122 Å². The molecule has 0 bridgehead atoms. The first-order valence-corrected chi connectivity index (χ1v) is 7.27. The van der Waals surface area contributed by atoms with Crippen LogP contribution in [0.3, 0.4) is 0 Å². The zero-order valence-corrected chi connectivity index (χ0v) is 12.3. The molecule has 0 atom stereocenters. The first-order valence-electron chi connectivity index (χ1n) is 6.36. The van der Waals surface area contributed by atoms with Gasteiger partial charge in [-0.3, -0.25) is 0 Å². The molecule has 102 valence electrons. The fourth-order valence-electron chi connectivity index (χ4n) is 2.50. The summed E-state index contributed by atoms with van der Waals surface area (Å²) in [5, 5.41) is 2.97. The molecule has 1 aromatic carbocycles. The third-order valence-corrected chi connectivity index (χ3v) is 4.11. The minimum atomic E-state index is 0.386. The number of likely N-dealkylation sites (N-methyl/N-ethyl adjacent to an activating group) is 1. The summed E-state index contributed by atoms with van der Waals surface area (Å²) in [6, 6.07) is 5.86. The number of imidazole rings is 1. The van der Waals surface area contributed by atoms with Gasteiger partial charge in [0.2, 0.25) is 0 Å². The topological polar surface area (TPSA) is 24.3 Å². The number of aromatic nitrogens is 2. The molecule has 0 spiro atoms. The maximum absolute atomic E-state index is 6.22. The van der Waals surface area contributed by atoms with Gasteiger partial charge in [0.05, 0.1) is 16.4 Å². The van der Waals surface area contributed by atoms with Crippen LogP contribution < -0.4 is 5.01 Å². The van der Waals surface area contributed by atoms with Crippen molar-refractivity contribution in [1.29, 1.82) is 0 Å². The Balaban J connectivity index is 2.08. The number of piperazine rings is 1. The molecule has 2 aromatic rings. The number of halogens is 2. The maximum atomic E-state index is 6.22. The van der Waals surface area contributed by atoms with Crippen LogP contribution in [0.15, 0.2) is 18.2 Å². The minimum Gasteiger partial charge on any atom is -0.308 e. The Bertz CT molecular complexity index is 588. The first-order chi connectivity index (χ1) is 9.20. The molecule has 1 aliphatic rings. The molecule has 0 aliphatic carbocycles. The van der Waals surface area contributed by atoms with E-state index in [1.54, 1.807) is 0 Å². The summed E-state index contributed by atoms with van der Waals surface area (Å²) in [6.45, 7) is 4.03. The van der Waals surface area contributed by atoms with E-state index in [1.165, 1.54) is 0 Å². The molecule has 0 amide bonds. The summed E-state index contributed by atoms with van der Waals surface area (Å²) < 4.78 is 2.13. The lowest BCUT2D eigenvalue weighted by molar-refractivity contribution is 0.288. The Hall–Kier alpha value is -0.970. The van der Waals surface area contributed by atoms with Gasteiger partial charge in [0.1, 0.15) is 11.3 Å². The summed E-state index contributed by atoms with van der Waals surface area (Å²) in [5.41, 5.74) is 1.87. The molecule has 0 saturated carbocycles. The summed E-state index contributed by atoms with van der Waals surface area (Å²) in [4.78, 5) is 6.89. The van der Waals surface area contributed by atoms with E-state index in [9.17, 15) is 0 Å². The molecule has 0 radical (unpaired) electrons. The zero-order chi connectivity index (χ0) is 13.4. The highest BCUT2D eigenvalue weighted by Crippen LogP contribution is 2.25. The average Bonchev–Trinajstić information content (AvgIpc) is 2.80. The second-order valence-corrected chi connectivity index (χ2v) is 5.51. The lowest BCUT2D eigenvalue weighted by Gasteiger charge is -2.35. The van der Waals surface area contributed by atoms with Gasteiger partial charge in [-0.05, 0) is 19.2 Å². The molecular weight excluding hydrogens is 283 g/mol. The minimum absolute atomic E-state index is 0.386. The number of alkyl halides is 1. The van der Waals surface area contributed by atoms with Crippen LogP contribution in [0.5, 0.6) is 0 Å². The fraction of sp³-hybridized carbons (Fsp3) is 0.462. The molecule has 19 heavy (non-hydrogen) atoms. The third kappa shape index (κ3) is 2.29. The number of hydrogen-bond acceptors (Lipinski definition) is 3. The largest absolute Gasteiger partial charge is 0.308 e. The highest BCUT2D eigenvalue weighted by atomic mass is 35.5. The van der Waals surface area contributed by atoms with E-state index in [1.807, 2.05) is 18.2 Å². The monoisotopic (exact) mass is 298 g/mol. The molecular formula is C13H16Cl2N4. The smallest absolute Gasteiger partial charge is 0.143 e. The number of benzene rings is 1. The Morgan fingerprint density at radius 1 is 1.21 bits per heavy atom. The molecule has 1 aromatic heterocycles. The fourth-order valence-corrected chi connectivity index (χ4v) is 2.88. The van der Waals surface area contributed by atoms with E-state index < -0.39 is 0 Å². The van der Waals surface area contributed by atoms with Crippen molar-refractivity contribution in [1.82, 2.24) is 14.6 Å². The van der Waals surface area contributed by atoms with Crippen LogP contribution in [0.1, 0.15) is 5.82 Å². The van der Waals surface area contributed by atoms with Crippen LogP contribution in [0.2, 0.25) is 5.02 Å². The van der Waals surface area contributed by atoms with Crippen molar-refractivity contribution in [2.45, 2.75) is 5.88 Å². The quantitative estimate of drug-likeness (QED) is 0.795. The van der Waals surface area contributed by atoms with Gasteiger partial charge in [0, 0.05) is 26.2 Å². The molecule has 2 heterocycles. The van der Waals surface area contributed by atoms with Crippen LogP contribution in [0, 0.1) is 0 Å². The van der Waals surface area contributed by atoms with E-state index in [2.05, 4.69) is 26.6 Å². The number of fused-ring (bicyclic) bond motifs is 1. The maximum Gasteiger partial charge on any atom is 0.143 e. The number of para-hydroxylation sites is 1. The predicted molar refractivity (Wildman–Crippen MR) is 79.7 cm³/mol. The zero-order valence-electron chi connectivity index (χ0n) is 10.8. The van der Waals surface area contributed by atoms with Gasteiger partial charge in [0.15, 0.2) is 0 Å². The van der Waals surface area contributed by atoms with Gasteiger partial charge < -0.3 is 9.91 Å². The Morgan fingerprint density at radius 2 is 1.95 bits per heavy atom. The van der Waals surface area contributed by atoms with Gasteiger partial charge in [-0.1, -0.05) is 17.7 Å². The molecule has 0 N–H and O–H groups in total. The van der Waals surface area contributed by atoms with E-state index in [4.69, 9.17) is 23.2 Å². The van der Waals surface area contributed by atoms with Crippen molar-refractivity contribution in [3.8, 4) is 0 Å². The highest BCUT2D eigenvalue weighted by molar-refractivity contribution is 6.35. The van der Waals surface area contributed by atoms with Crippen molar-refractivity contribution < 1.29 is 0 Å². The van der Waals surface area contributed by atoms with E-state index in [-0.39, 0.29) is 0 Å². The number of hydrogen-bond donors (Lipinski definition) is 0. The third-order valence-electron chi connectivity index (χ3n) is 3.56. The second-order valence-electron chi connectivity index (χ2n) is 4.84. The Morgan fingerprint density at radius 3 is 2.63 bits per heavy atom. The van der Waals surface area contributed by atoms with E-state index >= 15 is 0 Å². The van der Waals surface area contributed by atoms with Gasteiger partial charge in [-0.25, -0.2) is 9.66 Å². The van der Waals surface area contributed by atoms with E-state index in [0.717, 1.165) is 43.0 Å². The van der Waals surface area contributed by atoms with Crippen molar-refractivity contribution >= 4 is 34.2 Å². The second kappa shape index (κ2) is 5.19. The van der Waals surface area contributed by atoms with E-state index in [0.29, 0.717) is 10.9 Å². The van der Waals surface area contributed by atoms with Crippen LogP contribution in [-0.2, 0) is 5.88 Å². The normalized spacial score (nSPS) is 17.3. The molecule has 1 aliphatic heterocycles. The van der Waals surface area contributed by atoms with Crippen molar-refractivity contribution in [2.75, 3.05) is 38.2 Å². The lowest BCUT2D eigenvalue weighted by atomic mass is 10.3. The summed E-state index contributed by atoms with van der Waals surface area (Å²) >= 11 is 12.3. The lowest BCUT2D eigenvalue weighted by Crippen LogP contribution is -2.50. The molecule has 3 rings (SSSR count). The number of rotatable bonds is 2. The standard InChI is InChI=1S/C13H16Cl2N4/c1-17-5-7-18(8-6-17)19-11-4-2-3-10(15)13(11)16-12(19)9-14/h2-4H,5-9H2,1H3. The average molecular weight is 299 g/mol. The number of nitrogens with zero attached hydrogens (tertiary/aromatic N) is 4. The first kappa shape index (κ1) is 13.0. The van der Waals surface area contributed by atoms with Crippen LogP contribution in [-0.4, -0.2) is 47.8 Å². The highest BCUT2D eigenvalue weighted by Gasteiger charge is 2.20. The van der Waals surface area contributed by atoms with Crippen LogP contribution >= 0.6 is 23.2 Å². The van der Waals surface area contributed by atoms with Crippen LogP contribution in [0.25, 0.3) is 11.0 Å². The van der Waals surface area contributed by atoms with Crippen molar-refractivity contribution in [2.24, 2.45) is 0 Å². The van der Waals surface area contributed by atoms with Crippen molar-refractivity contribution in [3.63, 3.8) is 0 Å². The molecule has 4 nitrogen and oxygen atoms in total. The van der Waals surface area contributed by atoms with Crippen molar-refractivity contribution in [3.05, 3.63) is 29.0 Å². The Kier molecular flexibility index (Phi) is 3.56.